The first-order chi connectivity index (χ1) is 13.3. The van der Waals surface area contributed by atoms with Gasteiger partial charge in [-0.15, -0.1) is 34.0 Å². The molecule has 0 amide bonds. The fourth-order valence-corrected chi connectivity index (χ4v) is 3.47. The molecule has 0 aliphatic rings. The third kappa shape index (κ3) is 7.65. The molecule has 0 spiro atoms. The molecule has 0 aliphatic carbocycles. The largest absolute Gasteiger partial charge is 0.507 e. The molecule has 0 fully saturated rings. The summed E-state index contributed by atoms with van der Waals surface area (Å²) in [6.45, 7) is 4.10. The van der Waals surface area contributed by atoms with Gasteiger partial charge in [0.15, 0.2) is 0 Å². The van der Waals surface area contributed by atoms with Crippen LogP contribution in [0.25, 0.3) is 10.8 Å². The second-order valence-electron chi connectivity index (χ2n) is 7.09. The lowest BCUT2D eigenvalue weighted by molar-refractivity contribution is 0.481. The maximum absolute atomic E-state index is 10.1. The van der Waals surface area contributed by atoms with E-state index in [-0.39, 0.29) is 34.0 Å². The minimum atomic E-state index is 0. The molecular weight excluding hydrogens is 492 g/mol. The van der Waals surface area contributed by atoms with Gasteiger partial charge in [0.25, 0.3) is 0 Å². The summed E-state index contributed by atoms with van der Waals surface area (Å²) >= 11 is 0. The fraction of sp³-hybridized carbons (Fsp3) is 0.333. The Hall–Kier alpha value is -1.56. The summed E-state index contributed by atoms with van der Waals surface area (Å²) in [5, 5.41) is 19.4. The highest BCUT2D eigenvalue weighted by atomic mass is 79.9. The van der Waals surface area contributed by atoms with E-state index in [9.17, 15) is 5.11 Å². The molecule has 3 rings (SSSR count). The summed E-state index contributed by atoms with van der Waals surface area (Å²) in [4.78, 5) is 0. The molecule has 3 nitrogen and oxygen atoms in total. The number of hydrogen-bond acceptors (Lipinski definition) is 3. The monoisotopic (exact) mass is 522 g/mol. The molecule has 0 aliphatic heterocycles. The molecule has 0 radical (unpaired) electrons. The summed E-state index contributed by atoms with van der Waals surface area (Å²) in [6.07, 6.45) is 4.64. The van der Waals surface area contributed by atoms with Crippen molar-refractivity contribution in [2.75, 3.05) is 18.4 Å². The van der Waals surface area contributed by atoms with Gasteiger partial charge >= 0.3 is 0 Å². The van der Waals surface area contributed by atoms with Gasteiger partial charge in [-0.3, -0.25) is 0 Å². The summed E-state index contributed by atoms with van der Waals surface area (Å²) in [6, 6.07) is 22.8. The highest BCUT2D eigenvalue weighted by Crippen LogP contribution is 2.29. The molecule has 3 aromatic rings. The van der Waals surface area contributed by atoms with Crippen LogP contribution in [-0.2, 0) is 6.42 Å². The van der Waals surface area contributed by atoms with Crippen molar-refractivity contribution in [3.8, 4) is 5.75 Å². The van der Waals surface area contributed by atoms with E-state index in [0.29, 0.717) is 11.8 Å². The minimum Gasteiger partial charge on any atom is -0.507 e. The summed E-state index contributed by atoms with van der Waals surface area (Å²) in [5.74, 6) is 0.333. The maximum Gasteiger partial charge on any atom is 0.123 e. The van der Waals surface area contributed by atoms with Gasteiger partial charge in [-0.25, -0.2) is 0 Å². The van der Waals surface area contributed by atoms with Gasteiger partial charge in [-0.2, -0.15) is 0 Å². The first-order valence-corrected chi connectivity index (χ1v) is 10.00. The van der Waals surface area contributed by atoms with Crippen LogP contribution in [0.15, 0.2) is 66.7 Å². The van der Waals surface area contributed by atoms with Gasteiger partial charge in [0.1, 0.15) is 5.75 Å². The Kier molecular flexibility index (Phi) is 12.0. The van der Waals surface area contributed by atoms with Gasteiger partial charge in [0.05, 0.1) is 0 Å². The summed E-state index contributed by atoms with van der Waals surface area (Å²) in [7, 11) is 0. The number of fused-ring (bicyclic) bond motifs is 1. The van der Waals surface area contributed by atoms with Crippen LogP contribution in [0.2, 0.25) is 0 Å². The van der Waals surface area contributed by atoms with E-state index in [1.54, 1.807) is 6.07 Å². The van der Waals surface area contributed by atoms with Crippen LogP contribution >= 0.6 is 34.0 Å². The molecule has 158 valence electrons. The van der Waals surface area contributed by atoms with Crippen molar-refractivity contribution in [3.63, 3.8) is 0 Å². The molecular formula is C24H32Br2N2O. The highest BCUT2D eigenvalue weighted by Gasteiger charge is 2.09. The summed E-state index contributed by atoms with van der Waals surface area (Å²) < 4.78 is 0. The maximum atomic E-state index is 10.1. The standard InChI is InChI=1S/C24H30N2O.2BrH/c1-2-3-11-20(25-17-16-19-9-5-4-6-10-19)18-26-23-14-7-13-22-21(23)12-8-15-24(22)27;;/h4-10,12-15,20,25-27H,2-3,11,16-18H2,1H3;2*1H. The Morgan fingerprint density at radius 2 is 1.59 bits per heavy atom. The molecule has 1 atom stereocenters. The van der Waals surface area contributed by atoms with Crippen LogP contribution in [0, 0.1) is 0 Å². The third-order valence-electron chi connectivity index (χ3n) is 5.03. The van der Waals surface area contributed by atoms with Gasteiger partial charge < -0.3 is 15.7 Å². The summed E-state index contributed by atoms with van der Waals surface area (Å²) in [5.41, 5.74) is 2.45. The van der Waals surface area contributed by atoms with Crippen LogP contribution in [0.5, 0.6) is 5.75 Å². The number of nitrogens with one attached hydrogen (secondary N) is 2. The van der Waals surface area contributed by atoms with Gasteiger partial charge in [0.2, 0.25) is 0 Å². The zero-order valence-electron chi connectivity index (χ0n) is 16.9. The molecule has 0 aromatic heterocycles. The minimum absolute atomic E-state index is 0. The first kappa shape index (κ1) is 25.5. The zero-order chi connectivity index (χ0) is 18.9. The van der Waals surface area contributed by atoms with E-state index in [4.69, 9.17) is 0 Å². The Bertz CT molecular complexity index is 843. The molecule has 3 N–H and O–H groups in total. The van der Waals surface area contributed by atoms with E-state index in [0.717, 1.165) is 42.4 Å². The molecule has 3 aromatic carbocycles. The SMILES string of the molecule is Br.Br.CCCCC(CNc1cccc2c(O)cccc12)NCCc1ccccc1. The molecule has 29 heavy (non-hydrogen) atoms. The average molecular weight is 524 g/mol. The zero-order valence-corrected chi connectivity index (χ0v) is 20.4. The molecule has 0 saturated carbocycles. The number of halogens is 2. The normalized spacial score (nSPS) is 11.3. The average Bonchev–Trinajstić information content (AvgIpc) is 2.71. The van der Waals surface area contributed by atoms with Crippen molar-refractivity contribution in [2.45, 2.75) is 38.6 Å². The van der Waals surface area contributed by atoms with Crippen molar-refractivity contribution < 1.29 is 5.11 Å². The quantitative estimate of drug-likeness (QED) is 0.284. The Balaban J connectivity index is 0.00000210. The van der Waals surface area contributed by atoms with Crippen molar-refractivity contribution in [1.29, 1.82) is 0 Å². The second-order valence-corrected chi connectivity index (χ2v) is 7.09. The molecule has 0 saturated heterocycles. The molecule has 1 unspecified atom stereocenters. The second kappa shape index (κ2) is 13.6. The lowest BCUT2D eigenvalue weighted by Gasteiger charge is -2.21. The van der Waals surface area contributed by atoms with Crippen LogP contribution in [0.1, 0.15) is 31.7 Å². The number of rotatable bonds is 10. The van der Waals surface area contributed by atoms with Crippen LogP contribution in [0.3, 0.4) is 0 Å². The number of hydrogen-bond donors (Lipinski definition) is 3. The molecule has 0 heterocycles. The number of unbranched alkanes of at least 4 members (excludes halogenated alkanes) is 1. The van der Waals surface area contributed by atoms with Crippen LogP contribution in [-0.4, -0.2) is 24.2 Å². The lowest BCUT2D eigenvalue weighted by Crippen LogP contribution is -2.36. The van der Waals surface area contributed by atoms with E-state index in [1.807, 2.05) is 18.2 Å². The van der Waals surface area contributed by atoms with Crippen molar-refractivity contribution in [3.05, 3.63) is 72.3 Å². The van der Waals surface area contributed by atoms with E-state index >= 15 is 0 Å². The molecule has 5 heteroatoms. The van der Waals surface area contributed by atoms with Crippen LogP contribution < -0.4 is 10.6 Å². The van der Waals surface area contributed by atoms with E-state index in [2.05, 4.69) is 60.0 Å². The van der Waals surface area contributed by atoms with Crippen molar-refractivity contribution in [2.24, 2.45) is 0 Å². The highest BCUT2D eigenvalue weighted by molar-refractivity contribution is 8.93. The topological polar surface area (TPSA) is 44.3 Å². The van der Waals surface area contributed by atoms with Crippen molar-refractivity contribution in [1.82, 2.24) is 5.32 Å². The number of anilines is 1. The Morgan fingerprint density at radius 1 is 0.862 bits per heavy atom. The van der Waals surface area contributed by atoms with Crippen molar-refractivity contribution >= 4 is 50.4 Å². The lowest BCUT2D eigenvalue weighted by atomic mass is 10.1. The van der Waals surface area contributed by atoms with Gasteiger partial charge in [-0.05, 0) is 37.1 Å². The number of benzene rings is 3. The number of phenolic OH excluding ortho intramolecular Hbond substituents is 1. The smallest absolute Gasteiger partial charge is 0.123 e. The Morgan fingerprint density at radius 3 is 2.34 bits per heavy atom. The van der Waals surface area contributed by atoms with Gasteiger partial charge in [0, 0.05) is 29.0 Å². The predicted octanol–water partition coefficient (Wildman–Crippen LogP) is 6.50. The van der Waals surface area contributed by atoms with E-state index < -0.39 is 0 Å². The predicted molar refractivity (Wildman–Crippen MR) is 136 cm³/mol. The first-order valence-electron chi connectivity index (χ1n) is 10.00. The third-order valence-corrected chi connectivity index (χ3v) is 5.03. The van der Waals surface area contributed by atoms with Gasteiger partial charge in [-0.1, -0.05) is 74.4 Å². The van der Waals surface area contributed by atoms with Crippen LogP contribution in [0.4, 0.5) is 5.69 Å². The molecule has 0 bridgehead atoms. The number of aromatic hydroxyl groups is 1. The van der Waals surface area contributed by atoms with E-state index in [1.165, 1.54) is 18.4 Å². The number of phenols is 1. The Labute approximate surface area is 195 Å². The fourth-order valence-electron chi connectivity index (χ4n) is 3.47.